The van der Waals surface area contributed by atoms with Crippen LogP contribution in [0.1, 0.15) is 16.8 Å². The fourth-order valence-electron chi connectivity index (χ4n) is 1.39. The van der Waals surface area contributed by atoms with Crippen LogP contribution >= 0.6 is 0 Å². The maximum Gasteiger partial charge on any atom is 0.255 e. The number of pyridine rings is 1. The van der Waals surface area contributed by atoms with Crippen LogP contribution in [0.2, 0.25) is 0 Å². The molecule has 0 aliphatic heterocycles. The molecule has 6 heteroatoms. The highest BCUT2D eigenvalue weighted by Gasteiger charge is 2.09. The molecule has 0 fully saturated rings. The van der Waals surface area contributed by atoms with Gasteiger partial charge >= 0.3 is 0 Å². The monoisotopic (exact) mass is 237 g/mol. The summed E-state index contributed by atoms with van der Waals surface area (Å²) in [5, 5.41) is 2.83. The van der Waals surface area contributed by atoms with Crippen LogP contribution in [0.3, 0.4) is 0 Å². The number of carbonyl (C=O) groups excluding carboxylic acids is 1. The lowest BCUT2D eigenvalue weighted by atomic mass is 10.2. The van der Waals surface area contributed by atoms with Crippen LogP contribution in [-0.4, -0.2) is 43.0 Å². The van der Waals surface area contributed by atoms with Gasteiger partial charge in [-0.2, -0.15) is 0 Å². The van der Waals surface area contributed by atoms with Gasteiger partial charge in [0.25, 0.3) is 5.91 Å². The van der Waals surface area contributed by atoms with Crippen molar-refractivity contribution in [3.63, 3.8) is 0 Å². The van der Waals surface area contributed by atoms with Crippen LogP contribution in [0.5, 0.6) is 0 Å². The topological polar surface area (TPSA) is 83.3 Å². The molecule has 0 spiro atoms. The number of nitrogens with two attached hydrogens (primary N) is 1. The van der Waals surface area contributed by atoms with Gasteiger partial charge in [0.15, 0.2) is 0 Å². The van der Waals surface area contributed by atoms with Crippen molar-refractivity contribution in [3.05, 3.63) is 24.0 Å². The summed E-state index contributed by atoms with van der Waals surface area (Å²) in [5.41, 5.74) is 3.51. The Labute approximate surface area is 101 Å². The number of hydrogen-bond acceptors (Lipinski definition) is 5. The van der Waals surface area contributed by atoms with E-state index < -0.39 is 0 Å². The van der Waals surface area contributed by atoms with E-state index in [1.54, 1.807) is 12.3 Å². The maximum atomic E-state index is 11.8. The lowest BCUT2D eigenvalue weighted by molar-refractivity contribution is 0.0952. The number of carbonyl (C=O) groups is 1. The quantitative estimate of drug-likeness (QED) is 0.370. The number of amides is 1. The van der Waals surface area contributed by atoms with Gasteiger partial charge in [-0.05, 0) is 33.1 Å². The number of aromatic nitrogens is 1. The third-order valence-corrected chi connectivity index (χ3v) is 2.29. The number of hydrogen-bond donors (Lipinski definition) is 3. The molecule has 0 aliphatic carbocycles. The first-order valence-corrected chi connectivity index (χ1v) is 5.48. The molecule has 17 heavy (non-hydrogen) atoms. The first-order valence-electron chi connectivity index (χ1n) is 5.48. The van der Waals surface area contributed by atoms with Crippen molar-refractivity contribution >= 4 is 11.6 Å². The highest BCUT2D eigenvalue weighted by molar-refractivity contribution is 5.99. The summed E-state index contributed by atoms with van der Waals surface area (Å²) < 4.78 is 0. The second kappa shape index (κ2) is 6.82. The van der Waals surface area contributed by atoms with Crippen molar-refractivity contribution in [1.82, 2.24) is 15.2 Å². The Bertz CT molecular complexity index is 367. The zero-order valence-electron chi connectivity index (χ0n) is 10.2. The van der Waals surface area contributed by atoms with Crippen LogP contribution in [0.15, 0.2) is 18.5 Å². The van der Waals surface area contributed by atoms with Gasteiger partial charge in [0.1, 0.15) is 0 Å². The van der Waals surface area contributed by atoms with Crippen molar-refractivity contribution in [2.75, 3.05) is 32.6 Å². The van der Waals surface area contributed by atoms with Gasteiger partial charge in [-0.1, -0.05) is 0 Å². The standard InChI is InChI=1S/C11H19N5O/c1-16(2)7-3-5-14-11(17)9-8-13-6-4-10(9)15-12/h4,6,8H,3,5,7,12H2,1-2H3,(H,13,15)(H,14,17). The van der Waals surface area contributed by atoms with Gasteiger partial charge in [-0.15, -0.1) is 0 Å². The second-order valence-electron chi connectivity index (χ2n) is 3.98. The molecule has 1 aromatic heterocycles. The van der Waals surface area contributed by atoms with Gasteiger partial charge in [0.2, 0.25) is 0 Å². The molecule has 1 amide bonds. The SMILES string of the molecule is CN(C)CCCNC(=O)c1cnccc1NN. The predicted molar refractivity (Wildman–Crippen MR) is 67.6 cm³/mol. The summed E-state index contributed by atoms with van der Waals surface area (Å²) in [4.78, 5) is 17.8. The van der Waals surface area contributed by atoms with Gasteiger partial charge < -0.3 is 15.6 Å². The fourth-order valence-corrected chi connectivity index (χ4v) is 1.39. The lowest BCUT2D eigenvalue weighted by Gasteiger charge is -2.11. The molecule has 4 N–H and O–H groups in total. The smallest absolute Gasteiger partial charge is 0.255 e. The Morgan fingerprint density at radius 1 is 1.53 bits per heavy atom. The van der Waals surface area contributed by atoms with E-state index in [-0.39, 0.29) is 5.91 Å². The average Bonchev–Trinajstić information content (AvgIpc) is 2.34. The summed E-state index contributed by atoms with van der Waals surface area (Å²) >= 11 is 0. The largest absolute Gasteiger partial charge is 0.352 e. The number of anilines is 1. The van der Waals surface area contributed by atoms with E-state index in [0.29, 0.717) is 17.8 Å². The average molecular weight is 237 g/mol. The Balaban J connectivity index is 2.47. The zero-order chi connectivity index (χ0) is 12.7. The van der Waals surface area contributed by atoms with E-state index in [4.69, 9.17) is 5.84 Å². The number of nitrogens with zero attached hydrogens (tertiary/aromatic N) is 2. The molecular formula is C11H19N5O. The van der Waals surface area contributed by atoms with Crippen LogP contribution in [-0.2, 0) is 0 Å². The maximum absolute atomic E-state index is 11.8. The molecule has 0 saturated carbocycles. The molecule has 1 rings (SSSR count). The Hall–Kier alpha value is -1.66. The molecule has 1 aromatic rings. The zero-order valence-corrected chi connectivity index (χ0v) is 10.2. The van der Waals surface area contributed by atoms with E-state index in [1.807, 2.05) is 14.1 Å². The molecule has 0 radical (unpaired) electrons. The predicted octanol–water partition coefficient (Wildman–Crippen LogP) is 0.0487. The number of rotatable bonds is 6. The summed E-state index contributed by atoms with van der Waals surface area (Å²) in [6.45, 7) is 1.57. The molecule has 1 heterocycles. The van der Waals surface area contributed by atoms with Gasteiger partial charge in [-0.3, -0.25) is 15.6 Å². The normalized spacial score (nSPS) is 10.4. The minimum atomic E-state index is -0.162. The van der Waals surface area contributed by atoms with E-state index >= 15 is 0 Å². The van der Waals surface area contributed by atoms with E-state index in [1.165, 1.54) is 6.20 Å². The van der Waals surface area contributed by atoms with Crippen molar-refractivity contribution in [2.24, 2.45) is 5.84 Å². The fraction of sp³-hybridized carbons (Fsp3) is 0.455. The van der Waals surface area contributed by atoms with Crippen LogP contribution in [0, 0.1) is 0 Å². The Morgan fingerprint density at radius 3 is 2.94 bits per heavy atom. The highest BCUT2D eigenvalue weighted by atomic mass is 16.1. The number of nitrogen functional groups attached to an aromatic ring is 1. The minimum Gasteiger partial charge on any atom is -0.352 e. The van der Waals surface area contributed by atoms with Crippen LogP contribution in [0.4, 0.5) is 5.69 Å². The minimum absolute atomic E-state index is 0.162. The van der Waals surface area contributed by atoms with Crippen LogP contribution in [0.25, 0.3) is 0 Å². The molecular weight excluding hydrogens is 218 g/mol. The second-order valence-corrected chi connectivity index (χ2v) is 3.98. The Kier molecular flexibility index (Phi) is 5.38. The molecule has 0 aromatic carbocycles. The summed E-state index contributed by atoms with van der Waals surface area (Å²) in [5.74, 6) is 5.16. The number of nitrogens with one attached hydrogen (secondary N) is 2. The molecule has 0 atom stereocenters. The summed E-state index contributed by atoms with van der Waals surface area (Å²) in [6.07, 6.45) is 3.98. The van der Waals surface area contributed by atoms with Gasteiger partial charge in [0.05, 0.1) is 11.3 Å². The molecule has 0 aliphatic rings. The van der Waals surface area contributed by atoms with Crippen molar-refractivity contribution in [1.29, 1.82) is 0 Å². The van der Waals surface area contributed by atoms with E-state index in [9.17, 15) is 4.79 Å². The Morgan fingerprint density at radius 2 is 2.29 bits per heavy atom. The van der Waals surface area contributed by atoms with E-state index in [2.05, 4.69) is 20.6 Å². The molecule has 0 unspecified atom stereocenters. The van der Waals surface area contributed by atoms with Crippen molar-refractivity contribution in [2.45, 2.75) is 6.42 Å². The van der Waals surface area contributed by atoms with Crippen LogP contribution < -0.4 is 16.6 Å². The molecule has 94 valence electrons. The first-order chi connectivity index (χ1) is 8.15. The first kappa shape index (κ1) is 13.4. The van der Waals surface area contributed by atoms with E-state index in [0.717, 1.165) is 13.0 Å². The number of hydrazine groups is 1. The van der Waals surface area contributed by atoms with Gasteiger partial charge in [0, 0.05) is 18.9 Å². The molecule has 0 saturated heterocycles. The van der Waals surface area contributed by atoms with Crippen molar-refractivity contribution in [3.8, 4) is 0 Å². The molecule has 6 nitrogen and oxygen atoms in total. The van der Waals surface area contributed by atoms with Gasteiger partial charge in [-0.25, -0.2) is 0 Å². The molecule has 0 bridgehead atoms. The third-order valence-electron chi connectivity index (χ3n) is 2.29. The van der Waals surface area contributed by atoms with Crippen molar-refractivity contribution < 1.29 is 4.79 Å². The lowest BCUT2D eigenvalue weighted by Crippen LogP contribution is -2.28. The highest BCUT2D eigenvalue weighted by Crippen LogP contribution is 2.11. The summed E-state index contributed by atoms with van der Waals surface area (Å²) in [7, 11) is 4.00. The third kappa shape index (κ3) is 4.38. The summed E-state index contributed by atoms with van der Waals surface area (Å²) in [6, 6.07) is 1.66.